The number of nitrogens with zero attached hydrogens (tertiary/aromatic N) is 2. The smallest absolute Gasteiger partial charge is 0.255 e. The molecule has 1 amide bonds. The number of hydrogen-bond acceptors (Lipinski definition) is 4. The van der Waals surface area contributed by atoms with Gasteiger partial charge in [-0.3, -0.25) is 4.79 Å². The van der Waals surface area contributed by atoms with Crippen LogP contribution in [0.1, 0.15) is 28.4 Å². The highest BCUT2D eigenvalue weighted by atomic mass is 32.2. The number of amides is 1. The van der Waals surface area contributed by atoms with Crippen LogP contribution in [0.5, 0.6) is 0 Å². The average molecular weight is 434 g/mol. The number of hydrogen-bond donors (Lipinski definition) is 1. The van der Waals surface area contributed by atoms with Gasteiger partial charge in [-0.1, -0.05) is 49.4 Å². The first-order chi connectivity index (χ1) is 14.9. The van der Waals surface area contributed by atoms with Crippen LogP contribution >= 0.6 is 0 Å². The largest absolute Gasteiger partial charge is 0.322 e. The van der Waals surface area contributed by atoms with E-state index >= 15 is 0 Å². The first kappa shape index (κ1) is 22.2. The van der Waals surface area contributed by atoms with Gasteiger partial charge in [0.25, 0.3) is 5.91 Å². The fourth-order valence-corrected chi connectivity index (χ4v) is 4.53. The van der Waals surface area contributed by atoms with Crippen molar-refractivity contribution in [1.29, 1.82) is 5.26 Å². The van der Waals surface area contributed by atoms with E-state index in [4.69, 9.17) is 5.26 Å². The molecule has 0 saturated carbocycles. The van der Waals surface area contributed by atoms with Crippen LogP contribution in [-0.2, 0) is 23.0 Å². The summed E-state index contributed by atoms with van der Waals surface area (Å²) in [6.07, 6.45) is 0.324. The molecule has 0 heterocycles. The van der Waals surface area contributed by atoms with Gasteiger partial charge in [-0.15, -0.1) is 0 Å². The van der Waals surface area contributed by atoms with Gasteiger partial charge < -0.3 is 5.32 Å². The van der Waals surface area contributed by atoms with Crippen molar-refractivity contribution < 1.29 is 13.2 Å². The molecule has 1 N–H and O–H groups in total. The topological polar surface area (TPSA) is 90.3 Å². The lowest BCUT2D eigenvalue weighted by atomic mass is 10.1. The first-order valence-corrected chi connectivity index (χ1v) is 11.3. The highest BCUT2D eigenvalue weighted by Crippen LogP contribution is 2.19. The van der Waals surface area contributed by atoms with Crippen LogP contribution in [-0.4, -0.2) is 25.2 Å². The third-order valence-electron chi connectivity index (χ3n) is 4.80. The zero-order valence-corrected chi connectivity index (χ0v) is 18.0. The Labute approximate surface area is 182 Å². The van der Waals surface area contributed by atoms with Gasteiger partial charge >= 0.3 is 0 Å². The van der Waals surface area contributed by atoms with E-state index in [9.17, 15) is 13.2 Å². The van der Waals surface area contributed by atoms with Crippen molar-refractivity contribution in [2.45, 2.75) is 24.8 Å². The summed E-state index contributed by atoms with van der Waals surface area (Å²) < 4.78 is 27.1. The minimum absolute atomic E-state index is 0.218. The second-order valence-electron chi connectivity index (χ2n) is 6.93. The Hall–Kier alpha value is -3.47. The number of carbonyl (C=O) groups excluding carboxylic acids is 1. The van der Waals surface area contributed by atoms with Crippen molar-refractivity contribution in [3.63, 3.8) is 0 Å². The van der Waals surface area contributed by atoms with Gasteiger partial charge in [-0.2, -0.15) is 9.57 Å². The van der Waals surface area contributed by atoms with Gasteiger partial charge in [-0.25, -0.2) is 8.42 Å². The van der Waals surface area contributed by atoms with E-state index in [1.54, 1.807) is 85.8 Å². The van der Waals surface area contributed by atoms with Gasteiger partial charge in [-0.05, 0) is 47.5 Å². The quantitative estimate of drug-likeness (QED) is 0.576. The molecule has 0 aliphatic rings. The molecule has 3 aromatic rings. The summed E-state index contributed by atoms with van der Waals surface area (Å²) in [5.74, 6) is -0.260. The SMILES string of the molecule is CCN(Cc1ccc(C(=O)Nc2ccc(CC#N)cc2)cc1)S(=O)(=O)c1ccccc1. The molecule has 0 aliphatic heterocycles. The van der Waals surface area contributed by atoms with Crippen LogP contribution in [0, 0.1) is 11.3 Å². The van der Waals surface area contributed by atoms with Gasteiger partial charge in [0.05, 0.1) is 17.4 Å². The van der Waals surface area contributed by atoms with Crippen LogP contribution in [0.2, 0.25) is 0 Å². The Morgan fingerprint density at radius 2 is 1.55 bits per heavy atom. The summed E-state index contributed by atoms with van der Waals surface area (Å²) in [4.78, 5) is 12.7. The van der Waals surface area contributed by atoms with Crippen LogP contribution in [0.15, 0.2) is 83.8 Å². The molecular formula is C24H23N3O3S. The molecule has 0 spiro atoms. The number of nitriles is 1. The number of sulfonamides is 1. The van der Waals surface area contributed by atoms with E-state index in [0.717, 1.165) is 11.1 Å². The Morgan fingerprint density at radius 1 is 0.935 bits per heavy atom. The Kier molecular flexibility index (Phi) is 7.19. The molecule has 7 heteroatoms. The van der Waals surface area contributed by atoms with E-state index < -0.39 is 10.0 Å². The number of carbonyl (C=O) groups is 1. The summed E-state index contributed by atoms with van der Waals surface area (Å²) in [5, 5.41) is 11.5. The lowest BCUT2D eigenvalue weighted by molar-refractivity contribution is 0.102. The van der Waals surface area contributed by atoms with E-state index in [1.807, 2.05) is 0 Å². The maximum atomic E-state index is 12.9. The summed E-state index contributed by atoms with van der Waals surface area (Å²) in [6.45, 7) is 2.35. The van der Waals surface area contributed by atoms with Gasteiger partial charge in [0.2, 0.25) is 10.0 Å². The third kappa shape index (κ3) is 5.57. The van der Waals surface area contributed by atoms with Crippen LogP contribution in [0.4, 0.5) is 5.69 Å². The Balaban J connectivity index is 1.67. The molecule has 3 rings (SSSR count). The van der Waals surface area contributed by atoms with Gasteiger partial charge in [0.1, 0.15) is 0 Å². The maximum absolute atomic E-state index is 12.9. The number of anilines is 1. The molecule has 0 saturated heterocycles. The molecule has 0 unspecified atom stereocenters. The molecule has 0 radical (unpaired) electrons. The van der Waals surface area contributed by atoms with Crippen molar-refractivity contribution in [1.82, 2.24) is 4.31 Å². The lowest BCUT2D eigenvalue weighted by Crippen LogP contribution is -2.30. The molecule has 31 heavy (non-hydrogen) atoms. The molecule has 0 atom stereocenters. The minimum atomic E-state index is -3.59. The van der Waals surface area contributed by atoms with E-state index in [0.29, 0.717) is 24.2 Å². The average Bonchev–Trinajstić information content (AvgIpc) is 2.79. The second-order valence-corrected chi connectivity index (χ2v) is 8.87. The Morgan fingerprint density at radius 3 is 2.13 bits per heavy atom. The first-order valence-electron chi connectivity index (χ1n) is 9.85. The predicted octanol–water partition coefficient (Wildman–Crippen LogP) is 4.22. The summed E-state index contributed by atoms with van der Waals surface area (Å²) >= 11 is 0. The normalized spacial score (nSPS) is 11.1. The molecule has 6 nitrogen and oxygen atoms in total. The fourth-order valence-electron chi connectivity index (χ4n) is 3.07. The van der Waals surface area contributed by atoms with Crippen LogP contribution < -0.4 is 5.32 Å². The van der Waals surface area contributed by atoms with E-state index in [-0.39, 0.29) is 17.3 Å². The zero-order valence-electron chi connectivity index (χ0n) is 17.2. The molecule has 0 aromatic heterocycles. The standard InChI is InChI=1S/C24H23N3O3S/c1-2-27(31(29,30)23-6-4-3-5-7-23)18-20-8-12-21(13-9-20)24(28)26-22-14-10-19(11-15-22)16-17-25/h3-15H,2,16,18H2,1H3,(H,26,28). The number of nitrogens with one attached hydrogen (secondary N) is 1. The third-order valence-corrected chi connectivity index (χ3v) is 6.74. The van der Waals surface area contributed by atoms with Crippen LogP contribution in [0.25, 0.3) is 0 Å². The monoisotopic (exact) mass is 433 g/mol. The highest BCUT2D eigenvalue weighted by molar-refractivity contribution is 7.89. The highest BCUT2D eigenvalue weighted by Gasteiger charge is 2.22. The van der Waals surface area contributed by atoms with E-state index in [2.05, 4.69) is 11.4 Å². The van der Waals surface area contributed by atoms with E-state index in [1.165, 1.54) is 4.31 Å². The molecule has 0 aliphatic carbocycles. The van der Waals surface area contributed by atoms with Crippen LogP contribution in [0.3, 0.4) is 0 Å². The lowest BCUT2D eigenvalue weighted by Gasteiger charge is -2.20. The predicted molar refractivity (Wildman–Crippen MR) is 120 cm³/mol. The zero-order chi connectivity index (χ0) is 22.3. The van der Waals surface area contributed by atoms with Crippen molar-refractivity contribution in [3.8, 4) is 6.07 Å². The molecule has 0 fully saturated rings. The molecule has 158 valence electrons. The number of benzene rings is 3. The van der Waals surface area contributed by atoms with Crippen molar-refractivity contribution >= 4 is 21.6 Å². The Bertz CT molecular complexity index is 1170. The summed E-state index contributed by atoms with van der Waals surface area (Å²) in [6, 6.07) is 24.4. The fraction of sp³-hybridized carbons (Fsp3) is 0.167. The van der Waals surface area contributed by atoms with Gasteiger partial charge in [0.15, 0.2) is 0 Å². The number of rotatable bonds is 8. The summed E-state index contributed by atoms with van der Waals surface area (Å²) in [7, 11) is -3.59. The minimum Gasteiger partial charge on any atom is -0.322 e. The van der Waals surface area contributed by atoms with Crippen molar-refractivity contribution in [2.24, 2.45) is 0 Å². The van der Waals surface area contributed by atoms with Crippen molar-refractivity contribution in [3.05, 3.63) is 95.6 Å². The molecular weight excluding hydrogens is 410 g/mol. The summed E-state index contributed by atoms with van der Waals surface area (Å²) in [5.41, 5.74) is 2.79. The van der Waals surface area contributed by atoms with Crippen molar-refractivity contribution in [2.75, 3.05) is 11.9 Å². The maximum Gasteiger partial charge on any atom is 0.255 e. The molecule has 3 aromatic carbocycles. The second kappa shape index (κ2) is 10.0. The van der Waals surface area contributed by atoms with Gasteiger partial charge in [0, 0.05) is 24.3 Å². The molecule has 0 bridgehead atoms.